The van der Waals surface area contributed by atoms with Gasteiger partial charge in [-0.3, -0.25) is 9.59 Å². The van der Waals surface area contributed by atoms with Crippen molar-refractivity contribution in [2.24, 2.45) is 0 Å². The Bertz CT molecular complexity index is 1030. The predicted molar refractivity (Wildman–Crippen MR) is 108 cm³/mol. The highest BCUT2D eigenvalue weighted by Gasteiger charge is 2.21. The maximum atomic E-state index is 12.5. The summed E-state index contributed by atoms with van der Waals surface area (Å²) < 4.78 is 10.4. The van der Waals surface area contributed by atoms with Gasteiger partial charge in [0.25, 0.3) is 5.91 Å². The summed E-state index contributed by atoms with van der Waals surface area (Å²) in [6.45, 7) is 2.66. The molecule has 1 atom stereocenters. The molecule has 150 valence electrons. The van der Waals surface area contributed by atoms with Gasteiger partial charge in [-0.05, 0) is 32.0 Å². The van der Waals surface area contributed by atoms with Crippen molar-refractivity contribution in [2.75, 3.05) is 13.2 Å². The van der Waals surface area contributed by atoms with Crippen LogP contribution in [0.4, 0.5) is 0 Å². The molecule has 0 bridgehead atoms. The number of para-hydroxylation sites is 2. The molecule has 0 aliphatic carbocycles. The van der Waals surface area contributed by atoms with Gasteiger partial charge in [-0.1, -0.05) is 36.4 Å². The summed E-state index contributed by atoms with van der Waals surface area (Å²) in [5, 5.41) is 3.28. The zero-order valence-corrected chi connectivity index (χ0v) is 16.2. The van der Waals surface area contributed by atoms with Gasteiger partial charge in [0.05, 0.1) is 0 Å². The van der Waals surface area contributed by atoms with Crippen LogP contribution < -0.4 is 10.1 Å². The summed E-state index contributed by atoms with van der Waals surface area (Å²) in [4.78, 5) is 39.8. The molecule has 7 nitrogen and oxygen atoms in total. The van der Waals surface area contributed by atoms with E-state index < -0.39 is 24.5 Å². The number of Topliss-reactive ketones (excluding diaryl/α,β-unsaturated/α-hetero) is 1. The number of aryl methyl sites for hydroxylation is 1. The van der Waals surface area contributed by atoms with E-state index in [1.165, 1.54) is 6.92 Å². The van der Waals surface area contributed by atoms with Gasteiger partial charge in [-0.2, -0.15) is 0 Å². The molecule has 0 saturated heterocycles. The fourth-order valence-corrected chi connectivity index (χ4v) is 2.98. The van der Waals surface area contributed by atoms with Crippen LogP contribution in [0.25, 0.3) is 10.9 Å². The number of ketones is 1. The number of benzene rings is 2. The van der Waals surface area contributed by atoms with E-state index >= 15 is 0 Å². The van der Waals surface area contributed by atoms with E-state index in [9.17, 15) is 14.4 Å². The van der Waals surface area contributed by atoms with Crippen LogP contribution in [0.3, 0.4) is 0 Å². The Morgan fingerprint density at radius 2 is 1.69 bits per heavy atom. The second-order valence-corrected chi connectivity index (χ2v) is 6.59. The predicted octanol–water partition coefficient (Wildman–Crippen LogP) is 2.79. The largest absolute Gasteiger partial charge is 0.484 e. The molecule has 2 N–H and O–H groups in total. The van der Waals surface area contributed by atoms with E-state index in [0.29, 0.717) is 17.0 Å². The molecule has 0 saturated carbocycles. The Kier molecular flexibility index (Phi) is 6.29. The van der Waals surface area contributed by atoms with Crippen molar-refractivity contribution in [1.82, 2.24) is 10.3 Å². The number of carbonyl (C=O) groups is 3. The van der Waals surface area contributed by atoms with E-state index in [1.54, 1.807) is 31.2 Å². The van der Waals surface area contributed by atoms with Crippen molar-refractivity contribution in [3.05, 3.63) is 65.9 Å². The van der Waals surface area contributed by atoms with Crippen molar-refractivity contribution in [3.8, 4) is 5.75 Å². The molecular weight excluding hydrogens is 372 g/mol. The first-order chi connectivity index (χ1) is 14.0. The Morgan fingerprint density at radius 1 is 1.00 bits per heavy atom. The minimum Gasteiger partial charge on any atom is -0.484 e. The highest BCUT2D eigenvalue weighted by Crippen LogP contribution is 2.22. The first kappa shape index (κ1) is 20.1. The van der Waals surface area contributed by atoms with Crippen LogP contribution >= 0.6 is 0 Å². The molecule has 1 heterocycles. The summed E-state index contributed by atoms with van der Waals surface area (Å²) in [7, 11) is 0. The van der Waals surface area contributed by atoms with Crippen LogP contribution in [-0.2, 0) is 14.3 Å². The SMILES string of the molecule is Cc1[nH]c2ccccc2c1C(=O)COC(=O)[C@H](C)NC(=O)COc1ccccc1. The highest BCUT2D eigenvalue weighted by atomic mass is 16.5. The molecule has 1 aromatic heterocycles. The van der Waals surface area contributed by atoms with E-state index in [2.05, 4.69) is 10.3 Å². The zero-order valence-electron chi connectivity index (χ0n) is 16.2. The van der Waals surface area contributed by atoms with Gasteiger partial charge < -0.3 is 19.8 Å². The normalized spacial score (nSPS) is 11.7. The Balaban J connectivity index is 1.50. The number of aromatic nitrogens is 1. The number of hydrogen-bond acceptors (Lipinski definition) is 5. The second kappa shape index (κ2) is 9.05. The molecule has 0 radical (unpaired) electrons. The topological polar surface area (TPSA) is 97.5 Å². The third-order valence-electron chi connectivity index (χ3n) is 4.36. The van der Waals surface area contributed by atoms with Gasteiger partial charge in [0, 0.05) is 22.2 Å². The lowest BCUT2D eigenvalue weighted by Gasteiger charge is -2.13. The lowest BCUT2D eigenvalue weighted by Crippen LogP contribution is -2.42. The summed E-state index contributed by atoms with van der Waals surface area (Å²) in [5.74, 6) is -0.905. The van der Waals surface area contributed by atoms with E-state index in [4.69, 9.17) is 9.47 Å². The molecule has 0 aliphatic rings. The lowest BCUT2D eigenvalue weighted by molar-refractivity contribution is -0.146. The van der Waals surface area contributed by atoms with Crippen LogP contribution in [0.5, 0.6) is 5.75 Å². The van der Waals surface area contributed by atoms with Crippen molar-refractivity contribution in [2.45, 2.75) is 19.9 Å². The number of fused-ring (bicyclic) bond motifs is 1. The quantitative estimate of drug-likeness (QED) is 0.452. The fraction of sp³-hybridized carbons (Fsp3) is 0.227. The summed E-state index contributed by atoms with van der Waals surface area (Å²) in [6.07, 6.45) is 0. The third-order valence-corrected chi connectivity index (χ3v) is 4.36. The molecule has 7 heteroatoms. The molecule has 29 heavy (non-hydrogen) atoms. The summed E-state index contributed by atoms with van der Waals surface area (Å²) >= 11 is 0. The number of amides is 1. The molecule has 0 unspecified atom stereocenters. The average Bonchev–Trinajstić information content (AvgIpc) is 3.06. The Hall–Kier alpha value is -3.61. The number of aromatic amines is 1. The molecule has 3 rings (SSSR count). The number of nitrogens with one attached hydrogen (secondary N) is 2. The third kappa shape index (κ3) is 5.01. The van der Waals surface area contributed by atoms with Crippen LogP contribution in [-0.4, -0.2) is 41.9 Å². The number of ether oxygens (including phenoxy) is 2. The molecule has 0 fully saturated rings. The maximum Gasteiger partial charge on any atom is 0.328 e. The van der Waals surface area contributed by atoms with Crippen molar-refractivity contribution < 1.29 is 23.9 Å². The average molecular weight is 394 g/mol. The van der Waals surface area contributed by atoms with Crippen LogP contribution in [0, 0.1) is 6.92 Å². The monoisotopic (exact) mass is 394 g/mol. The highest BCUT2D eigenvalue weighted by molar-refractivity contribution is 6.10. The second-order valence-electron chi connectivity index (χ2n) is 6.59. The van der Waals surface area contributed by atoms with Gasteiger partial charge in [0.15, 0.2) is 13.2 Å². The number of esters is 1. The van der Waals surface area contributed by atoms with Gasteiger partial charge >= 0.3 is 5.97 Å². The Labute approximate surface area is 168 Å². The molecule has 0 aliphatic heterocycles. The van der Waals surface area contributed by atoms with Crippen LogP contribution in [0.1, 0.15) is 23.0 Å². The van der Waals surface area contributed by atoms with E-state index in [-0.39, 0.29) is 12.4 Å². The van der Waals surface area contributed by atoms with Gasteiger partial charge in [-0.15, -0.1) is 0 Å². The first-order valence-corrected chi connectivity index (χ1v) is 9.20. The summed E-state index contributed by atoms with van der Waals surface area (Å²) in [5.41, 5.74) is 2.06. The molecule has 0 spiro atoms. The maximum absolute atomic E-state index is 12.5. The number of H-pyrrole nitrogens is 1. The van der Waals surface area contributed by atoms with Gasteiger partial charge in [0.1, 0.15) is 11.8 Å². The van der Waals surface area contributed by atoms with E-state index in [1.807, 2.05) is 30.3 Å². The van der Waals surface area contributed by atoms with Crippen LogP contribution in [0.2, 0.25) is 0 Å². The molecule has 3 aromatic rings. The Morgan fingerprint density at radius 3 is 2.45 bits per heavy atom. The smallest absolute Gasteiger partial charge is 0.328 e. The lowest BCUT2D eigenvalue weighted by atomic mass is 10.1. The van der Waals surface area contributed by atoms with Crippen LogP contribution in [0.15, 0.2) is 54.6 Å². The van der Waals surface area contributed by atoms with Crippen molar-refractivity contribution >= 4 is 28.6 Å². The number of hydrogen-bond donors (Lipinski definition) is 2. The number of rotatable bonds is 8. The van der Waals surface area contributed by atoms with Crippen molar-refractivity contribution in [1.29, 1.82) is 0 Å². The molecule has 1 amide bonds. The van der Waals surface area contributed by atoms with E-state index in [0.717, 1.165) is 10.9 Å². The first-order valence-electron chi connectivity index (χ1n) is 9.20. The van der Waals surface area contributed by atoms with Gasteiger partial charge in [0.2, 0.25) is 5.78 Å². The minimum absolute atomic E-state index is 0.227. The minimum atomic E-state index is -0.904. The fourth-order valence-electron chi connectivity index (χ4n) is 2.98. The molecular formula is C22H22N2O5. The van der Waals surface area contributed by atoms with Crippen molar-refractivity contribution in [3.63, 3.8) is 0 Å². The zero-order chi connectivity index (χ0) is 20.8. The van der Waals surface area contributed by atoms with Gasteiger partial charge in [-0.25, -0.2) is 4.79 Å². The standard InChI is InChI=1S/C22H22N2O5/c1-14-21(17-10-6-7-11-18(17)23-14)19(25)12-29-22(27)15(2)24-20(26)13-28-16-8-4-3-5-9-16/h3-11,15,23H,12-13H2,1-2H3,(H,24,26)/t15-/m0/s1. The summed E-state index contributed by atoms with van der Waals surface area (Å²) in [6, 6.07) is 15.4. The number of carbonyl (C=O) groups excluding carboxylic acids is 3. The molecule has 2 aromatic carbocycles.